The van der Waals surface area contributed by atoms with Gasteiger partial charge in [-0.1, -0.05) is 25.1 Å². The molecule has 0 saturated carbocycles. The van der Waals surface area contributed by atoms with Crippen LogP contribution in [0.2, 0.25) is 0 Å². The molecule has 0 unspecified atom stereocenters. The minimum atomic E-state index is -0.124. The van der Waals surface area contributed by atoms with Crippen LogP contribution in [-0.4, -0.2) is 25.7 Å². The molecule has 0 aliphatic heterocycles. The van der Waals surface area contributed by atoms with E-state index in [1.165, 1.54) is 0 Å². The summed E-state index contributed by atoms with van der Waals surface area (Å²) in [4.78, 5) is 21.3. The number of hydrogen-bond acceptors (Lipinski definition) is 4. The lowest BCUT2D eigenvalue weighted by Crippen LogP contribution is -2.26. The molecule has 0 bridgehead atoms. The zero-order valence-electron chi connectivity index (χ0n) is 15.3. The monoisotopic (exact) mass is 349 g/mol. The Morgan fingerprint density at radius 3 is 2.81 bits per heavy atom. The highest BCUT2D eigenvalue weighted by Crippen LogP contribution is 2.19. The van der Waals surface area contributed by atoms with Crippen molar-refractivity contribution >= 4 is 5.91 Å². The summed E-state index contributed by atoms with van der Waals surface area (Å²) in [6.07, 6.45) is 4.31. The van der Waals surface area contributed by atoms with E-state index < -0.39 is 0 Å². The maximum Gasteiger partial charge on any atom is 0.251 e. The van der Waals surface area contributed by atoms with E-state index in [1.54, 1.807) is 18.6 Å². The van der Waals surface area contributed by atoms with Crippen LogP contribution in [0.4, 0.5) is 0 Å². The van der Waals surface area contributed by atoms with Gasteiger partial charge in [0.2, 0.25) is 0 Å². The highest BCUT2D eigenvalue weighted by atomic mass is 16.1. The van der Waals surface area contributed by atoms with Crippen molar-refractivity contribution in [3.05, 3.63) is 65.7 Å². The lowest BCUT2D eigenvalue weighted by Gasteiger charge is -2.14. The number of aromatic nitrogens is 4. The fraction of sp³-hybridized carbons (Fsp3) is 0.300. The number of carbonyl (C=O) groups is 1. The molecule has 1 N–H and O–H groups in total. The van der Waals surface area contributed by atoms with Crippen LogP contribution in [0.1, 0.15) is 47.9 Å². The zero-order valence-corrected chi connectivity index (χ0v) is 15.3. The molecule has 6 heteroatoms. The van der Waals surface area contributed by atoms with E-state index in [4.69, 9.17) is 0 Å². The Kier molecular flexibility index (Phi) is 5.41. The molecule has 0 saturated heterocycles. The van der Waals surface area contributed by atoms with Crippen molar-refractivity contribution in [1.29, 1.82) is 0 Å². The van der Waals surface area contributed by atoms with Crippen molar-refractivity contribution in [3.8, 4) is 11.4 Å². The van der Waals surface area contributed by atoms with E-state index in [0.717, 1.165) is 35.6 Å². The van der Waals surface area contributed by atoms with Gasteiger partial charge in [-0.25, -0.2) is 9.67 Å². The molecule has 1 aromatic carbocycles. The van der Waals surface area contributed by atoms with Gasteiger partial charge in [0.15, 0.2) is 5.82 Å². The van der Waals surface area contributed by atoms with Crippen LogP contribution in [0.15, 0.2) is 48.9 Å². The van der Waals surface area contributed by atoms with Crippen molar-refractivity contribution in [2.75, 3.05) is 0 Å². The number of aryl methyl sites for hydroxylation is 2. The lowest BCUT2D eigenvalue weighted by molar-refractivity contribution is 0.0940. The number of hydrogen-bond donors (Lipinski definition) is 1. The summed E-state index contributed by atoms with van der Waals surface area (Å²) >= 11 is 0. The summed E-state index contributed by atoms with van der Waals surface area (Å²) in [6, 6.07) is 11.3. The Morgan fingerprint density at radius 2 is 2.08 bits per heavy atom. The van der Waals surface area contributed by atoms with Crippen LogP contribution < -0.4 is 5.32 Å². The maximum absolute atomic E-state index is 12.7. The molecule has 2 aromatic heterocycles. The predicted octanol–water partition coefficient (Wildman–Crippen LogP) is 3.55. The van der Waals surface area contributed by atoms with E-state index in [1.807, 2.05) is 48.9 Å². The second kappa shape index (κ2) is 7.91. The van der Waals surface area contributed by atoms with Gasteiger partial charge in [-0.3, -0.25) is 9.78 Å². The summed E-state index contributed by atoms with van der Waals surface area (Å²) in [7, 11) is 0. The van der Waals surface area contributed by atoms with Gasteiger partial charge >= 0.3 is 0 Å². The average Bonchev–Trinajstić information content (AvgIpc) is 3.11. The number of pyridine rings is 1. The molecule has 26 heavy (non-hydrogen) atoms. The van der Waals surface area contributed by atoms with Gasteiger partial charge in [0.25, 0.3) is 5.91 Å². The number of amides is 1. The van der Waals surface area contributed by atoms with Gasteiger partial charge in [-0.15, -0.1) is 0 Å². The van der Waals surface area contributed by atoms with Gasteiger partial charge in [-0.2, -0.15) is 5.10 Å². The molecule has 2 heterocycles. The van der Waals surface area contributed by atoms with E-state index in [2.05, 4.69) is 27.3 Å². The SMILES string of the molecule is CCCn1ncnc1-c1cccc(C(=O)N[C@@H](C)c2ccc(C)nc2)c1. The zero-order chi connectivity index (χ0) is 18.5. The molecule has 0 spiro atoms. The first-order valence-electron chi connectivity index (χ1n) is 8.80. The number of rotatable bonds is 6. The summed E-state index contributed by atoms with van der Waals surface area (Å²) in [5.41, 5.74) is 3.41. The highest BCUT2D eigenvalue weighted by molar-refractivity contribution is 5.95. The van der Waals surface area contributed by atoms with Gasteiger partial charge in [0.1, 0.15) is 6.33 Å². The summed E-state index contributed by atoms with van der Waals surface area (Å²) < 4.78 is 1.86. The maximum atomic E-state index is 12.7. The van der Waals surface area contributed by atoms with Crippen molar-refractivity contribution in [2.24, 2.45) is 0 Å². The van der Waals surface area contributed by atoms with Crippen molar-refractivity contribution in [3.63, 3.8) is 0 Å². The Hall–Kier alpha value is -3.02. The second-order valence-corrected chi connectivity index (χ2v) is 6.32. The molecule has 3 aromatic rings. The smallest absolute Gasteiger partial charge is 0.251 e. The molecular formula is C20H23N5O. The van der Waals surface area contributed by atoms with Crippen LogP contribution in [0.5, 0.6) is 0 Å². The number of benzene rings is 1. The number of nitrogens with one attached hydrogen (secondary N) is 1. The Labute approximate surface area is 153 Å². The van der Waals surface area contributed by atoms with Gasteiger partial charge in [0, 0.05) is 29.6 Å². The quantitative estimate of drug-likeness (QED) is 0.739. The van der Waals surface area contributed by atoms with E-state index in [0.29, 0.717) is 5.56 Å². The third-order valence-electron chi connectivity index (χ3n) is 4.22. The predicted molar refractivity (Wildman–Crippen MR) is 101 cm³/mol. The van der Waals surface area contributed by atoms with Crippen LogP contribution in [-0.2, 0) is 6.54 Å². The molecule has 0 fully saturated rings. The molecule has 3 rings (SSSR count). The number of nitrogens with zero attached hydrogens (tertiary/aromatic N) is 4. The molecule has 1 amide bonds. The molecule has 6 nitrogen and oxygen atoms in total. The van der Waals surface area contributed by atoms with E-state index in [-0.39, 0.29) is 11.9 Å². The standard InChI is InChI=1S/C20H23N5O/c1-4-10-25-19(22-13-23-25)16-6-5-7-17(11-16)20(26)24-15(3)18-9-8-14(2)21-12-18/h5-9,11-13,15H,4,10H2,1-3H3,(H,24,26)/t15-/m0/s1. The van der Waals surface area contributed by atoms with E-state index in [9.17, 15) is 4.79 Å². The Morgan fingerprint density at radius 1 is 1.23 bits per heavy atom. The van der Waals surface area contributed by atoms with Crippen LogP contribution in [0, 0.1) is 6.92 Å². The van der Waals surface area contributed by atoms with Gasteiger partial charge in [-0.05, 0) is 44.0 Å². The minimum absolute atomic E-state index is 0.122. The van der Waals surface area contributed by atoms with E-state index >= 15 is 0 Å². The molecule has 1 atom stereocenters. The highest BCUT2D eigenvalue weighted by Gasteiger charge is 2.14. The molecule has 134 valence electrons. The molecule has 0 aliphatic rings. The lowest BCUT2D eigenvalue weighted by atomic mass is 10.1. The van der Waals surface area contributed by atoms with Crippen molar-refractivity contribution < 1.29 is 4.79 Å². The Bertz CT molecular complexity index is 885. The summed E-state index contributed by atoms with van der Waals surface area (Å²) in [5, 5.41) is 7.27. The molecule has 0 radical (unpaired) electrons. The topological polar surface area (TPSA) is 72.7 Å². The first kappa shape index (κ1) is 17.8. The largest absolute Gasteiger partial charge is 0.345 e. The number of carbonyl (C=O) groups excluding carboxylic acids is 1. The average molecular weight is 349 g/mol. The third-order valence-corrected chi connectivity index (χ3v) is 4.22. The first-order valence-corrected chi connectivity index (χ1v) is 8.80. The Balaban J connectivity index is 1.78. The molecular weight excluding hydrogens is 326 g/mol. The minimum Gasteiger partial charge on any atom is -0.345 e. The first-order chi connectivity index (χ1) is 12.6. The summed E-state index contributed by atoms with van der Waals surface area (Å²) in [5.74, 6) is 0.652. The second-order valence-electron chi connectivity index (χ2n) is 6.32. The normalized spacial score (nSPS) is 12.0. The van der Waals surface area contributed by atoms with Crippen LogP contribution >= 0.6 is 0 Å². The van der Waals surface area contributed by atoms with Crippen LogP contribution in [0.25, 0.3) is 11.4 Å². The van der Waals surface area contributed by atoms with Crippen LogP contribution in [0.3, 0.4) is 0 Å². The fourth-order valence-electron chi connectivity index (χ4n) is 2.76. The third kappa shape index (κ3) is 3.96. The van der Waals surface area contributed by atoms with Crippen molar-refractivity contribution in [1.82, 2.24) is 25.1 Å². The van der Waals surface area contributed by atoms with Gasteiger partial charge < -0.3 is 5.32 Å². The fourth-order valence-corrected chi connectivity index (χ4v) is 2.76. The van der Waals surface area contributed by atoms with Gasteiger partial charge in [0.05, 0.1) is 6.04 Å². The summed E-state index contributed by atoms with van der Waals surface area (Å²) in [6.45, 7) is 6.78. The van der Waals surface area contributed by atoms with Crippen molar-refractivity contribution in [2.45, 2.75) is 39.8 Å². The molecule has 0 aliphatic carbocycles.